The van der Waals surface area contributed by atoms with Crippen LogP contribution in [0.3, 0.4) is 0 Å². The normalized spacial score (nSPS) is 13.0. The average molecular weight is 208 g/mol. The van der Waals surface area contributed by atoms with Gasteiger partial charge in [-0.2, -0.15) is 0 Å². The lowest BCUT2D eigenvalue weighted by Crippen LogP contribution is -2.19. The summed E-state index contributed by atoms with van der Waals surface area (Å²) in [6.07, 6.45) is 6.87. The second-order valence-electron chi connectivity index (χ2n) is 4.40. The summed E-state index contributed by atoms with van der Waals surface area (Å²) in [7, 11) is 0. The Morgan fingerprint density at radius 1 is 1.40 bits per heavy atom. The van der Waals surface area contributed by atoms with Crippen molar-refractivity contribution < 1.29 is 0 Å². The second kappa shape index (κ2) is 6.67. The van der Waals surface area contributed by atoms with E-state index in [4.69, 9.17) is 0 Å². The van der Waals surface area contributed by atoms with Gasteiger partial charge in [-0.15, -0.1) is 0 Å². The van der Waals surface area contributed by atoms with Gasteiger partial charge in [0, 0.05) is 25.5 Å². The molecule has 0 radical (unpaired) electrons. The highest BCUT2D eigenvalue weighted by Crippen LogP contribution is 2.03. The maximum absolute atomic E-state index is 3.49. The molecular weight excluding hydrogens is 184 g/mol. The summed E-state index contributed by atoms with van der Waals surface area (Å²) >= 11 is 0. The van der Waals surface area contributed by atoms with Crippen LogP contribution < -0.4 is 5.32 Å². The van der Waals surface area contributed by atoms with Crippen LogP contribution in [0.4, 0.5) is 0 Å². The topological polar surface area (TPSA) is 17.0 Å². The summed E-state index contributed by atoms with van der Waals surface area (Å²) in [5.41, 5.74) is 1.40. The van der Waals surface area contributed by atoms with Gasteiger partial charge in [-0.1, -0.05) is 27.2 Å². The number of nitrogens with zero attached hydrogens (tertiary/aromatic N) is 1. The number of aromatic nitrogens is 1. The van der Waals surface area contributed by atoms with E-state index in [0.29, 0.717) is 0 Å². The van der Waals surface area contributed by atoms with Gasteiger partial charge < -0.3 is 9.88 Å². The van der Waals surface area contributed by atoms with E-state index in [9.17, 15) is 0 Å². The average Bonchev–Trinajstić information content (AvgIpc) is 2.66. The van der Waals surface area contributed by atoms with E-state index in [2.05, 4.69) is 49.1 Å². The molecule has 1 unspecified atom stereocenters. The van der Waals surface area contributed by atoms with Crippen LogP contribution >= 0.6 is 0 Å². The number of aryl methyl sites for hydroxylation is 1. The minimum Gasteiger partial charge on any atom is -0.354 e. The van der Waals surface area contributed by atoms with E-state index >= 15 is 0 Å². The van der Waals surface area contributed by atoms with Crippen molar-refractivity contribution in [2.75, 3.05) is 6.54 Å². The number of rotatable bonds is 7. The molecule has 1 rings (SSSR count). The molecule has 1 heterocycles. The third-order valence-electron chi connectivity index (χ3n) is 2.81. The molecule has 0 aliphatic heterocycles. The molecule has 86 valence electrons. The van der Waals surface area contributed by atoms with Crippen LogP contribution in [-0.2, 0) is 13.1 Å². The largest absolute Gasteiger partial charge is 0.354 e. The van der Waals surface area contributed by atoms with Gasteiger partial charge in [0.15, 0.2) is 0 Å². The first-order valence-corrected chi connectivity index (χ1v) is 6.11. The van der Waals surface area contributed by atoms with E-state index in [1.165, 1.54) is 18.4 Å². The van der Waals surface area contributed by atoms with Gasteiger partial charge in [0.05, 0.1) is 0 Å². The molecular formula is C13H24N2. The summed E-state index contributed by atoms with van der Waals surface area (Å²) in [5.74, 6) is 0.780. The highest BCUT2D eigenvalue weighted by molar-refractivity contribution is 5.09. The lowest BCUT2D eigenvalue weighted by atomic mass is 10.1. The maximum Gasteiger partial charge on any atom is 0.0220 e. The van der Waals surface area contributed by atoms with Crippen molar-refractivity contribution in [2.24, 2.45) is 5.92 Å². The highest BCUT2D eigenvalue weighted by atomic mass is 14.9. The molecule has 2 nitrogen and oxygen atoms in total. The van der Waals surface area contributed by atoms with Crippen molar-refractivity contribution in [3.63, 3.8) is 0 Å². The van der Waals surface area contributed by atoms with Crippen LogP contribution in [0.2, 0.25) is 0 Å². The molecule has 0 saturated carbocycles. The molecule has 0 bridgehead atoms. The van der Waals surface area contributed by atoms with E-state index < -0.39 is 0 Å². The van der Waals surface area contributed by atoms with Gasteiger partial charge in [0.25, 0.3) is 0 Å². The minimum absolute atomic E-state index is 0.780. The lowest BCUT2D eigenvalue weighted by molar-refractivity contribution is 0.499. The first kappa shape index (κ1) is 12.3. The van der Waals surface area contributed by atoms with Crippen LogP contribution in [0, 0.1) is 5.92 Å². The quantitative estimate of drug-likeness (QED) is 0.729. The van der Waals surface area contributed by atoms with Crippen molar-refractivity contribution in [3.8, 4) is 0 Å². The Kier molecular flexibility index (Phi) is 5.48. The smallest absolute Gasteiger partial charge is 0.0220 e. The van der Waals surface area contributed by atoms with Crippen LogP contribution in [0.25, 0.3) is 0 Å². The third kappa shape index (κ3) is 4.52. The zero-order valence-corrected chi connectivity index (χ0v) is 10.3. The Morgan fingerprint density at radius 3 is 2.87 bits per heavy atom. The Labute approximate surface area is 93.7 Å². The molecule has 2 heteroatoms. The third-order valence-corrected chi connectivity index (χ3v) is 2.81. The summed E-state index contributed by atoms with van der Waals surface area (Å²) < 4.78 is 2.26. The number of nitrogens with one attached hydrogen (secondary N) is 1. The standard InChI is InChI=1S/C13H24N2/c1-4-7-15-8-6-13(11-15)10-14-9-12(3)5-2/h6,8,11-12,14H,4-5,7,9-10H2,1-3H3. The zero-order valence-electron chi connectivity index (χ0n) is 10.3. The van der Waals surface area contributed by atoms with Crippen LogP contribution in [0.1, 0.15) is 39.2 Å². The van der Waals surface area contributed by atoms with Gasteiger partial charge in [0.2, 0.25) is 0 Å². The Morgan fingerprint density at radius 2 is 2.20 bits per heavy atom. The molecule has 0 fully saturated rings. The van der Waals surface area contributed by atoms with Gasteiger partial charge in [-0.3, -0.25) is 0 Å². The van der Waals surface area contributed by atoms with E-state index in [1.54, 1.807) is 0 Å². The summed E-state index contributed by atoms with van der Waals surface area (Å²) in [5, 5.41) is 3.49. The zero-order chi connectivity index (χ0) is 11.1. The van der Waals surface area contributed by atoms with Crippen molar-refractivity contribution in [1.29, 1.82) is 0 Å². The fraction of sp³-hybridized carbons (Fsp3) is 0.692. The Balaban J connectivity index is 2.25. The molecule has 0 aromatic carbocycles. The summed E-state index contributed by atoms with van der Waals surface area (Å²) in [6.45, 7) is 9.99. The minimum atomic E-state index is 0.780. The molecule has 1 aromatic heterocycles. The van der Waals surface area contributed by atoms with Gasteiger partial charge in [-0.05, 0) is 30.5 Å². The molecule has 1 atom stereocenters. The summed E-state index contributed by atoms with van der Waals surface area (Å²) in [4.78, 5) is 0. The molecule has 0 aliphatic carbocycles. The fourth-order valence-electron chi connectivity index (χ4n) is 1.60. The fourth-order valence-corrected chi connectivity index (χ4v) is 1.60. The second-order valence-corrected chi connectivity index (χ2v) is 4.40. The highest BCUT2D eigenvalue weighted by Gasteiger charge is 1.99. The first-order chi connectivity index (χ1) is 7.26. The van der Waals surface area contributed by atoms with Crippen LogP contribution in [0.5, 0.6) is 0 Å². The monoisotopic (exact) mass is 208 g/mol. The molecule has 0 amide bonds. The van der Waals surface area contributed by atoms with Gasteiger partial charge in [-0.25, -0.2) is 0 Å². The summed E-state index contributed by atoms with van der Waals surface area (Å²) in [6, 6.07) is 2.21. The van der Waals surface area contributed by atoms with Crippen molar-refractivity contribution in [3.05, 3.63) is 24.0 Å². The molecule has 0 saturated heterocycles. The number of hydrogen-bond donors (Lipinski definition) is 1. The van der Waals surface area contributed by atoms with E-state index in [0.717, 1.165) is 25.6 Å². The van der Waals surface area contributed by atoms with Crippen molar-refractivity contribution in [1.82, 2.24) is 9.88 Å². The van der Waals surface area contributed by atoms with Crippen molar-refractivity contribution in [2.45, 2.75) is 46.7 Å². The van der Waals surface area contributed by atoms with Gasteiger partial charge >= 0.3 is 0 Å². The Bertz CT molecular complexity index is 265. The SMILES string of the molecule is CCCn1ccc(CNCC(C)CC)c1. The first-order valence-electron chi connectivity index (χ1n) is 6.11. The van der Waals surface area contributed by atoms with E-state index in [1.807, 2.05) is 0 Å². The molecule has 0 aliphatic rings. The molecule has 0 spiro atoms. The number of hydrogen-bond acceptors (Lipinski definition) is 1. The Hall–Kier alpha value is -0.760. The maximum atomic E-state index is 3.49. The lowest BCUT2D eigenvalue weighted by Gasteiger charge is -2.08. The molecule has 1 N–H and O–H groups in total. The van der Waals surface area contributed by atoms with Gasteiger partial charge in [0.1, 0.15) is 0 Å². The predicted octanol–water partition coefficient (Wildman–Crippen LogP) is 3.03. The van der Waals surface area contributed by atoms with Crippen LogP contribution in [-0.4, -0.2) is 11.1 Å². The molecule has 1 aromatic rings. The molecule has 15 heavy (non-hydrogen) atoms. The van der Waals surface area contributed by atoms with E-state index in [-0.39, 0.29) is 0 Å². The van der Waals surface area contributed by atoms with Crippen molar-refractivity contribution >= 4 is 0 Å². The van der Waals surface area contributed by atoms with Crippen LogP contribution in [0.15, 0.2) is 18.5 Å². The predicted molar refractivity (Wildman–Crippen MR) is 65.9 cm³/mol.